The fourth-order valence-corrected chi connectivity index (χ4v) is 3.25. The first-order valence-electron chi connectivity index (χ1n) is 6.85. The molecule has 112 valence electrons. The third-order valence-electron chi connectivity index (χ3n) is 3.41. The van der Waals surface area contributed by atoms with Gasteiger partial charge >= 0.3 is 0 Å². The fraction of sp³-hybridized carbons (Fsp3) is 0.294. The van der Waals surface area contributed by atoms with Crippen LogP contribution in [0.15, 0.2) is 46.9 Å². The number of benzene rings is 2. The number of ether oxygens (including phenoxy) is 1. The molecule has 2 aromatic carbocycles. The van der Waals surface area contributed by atoms with Crippen LogP contribution in [0.5, 0.6) is 0 Å². The van der Waals surface area contributed by atoms with Crippen LogP contribution in [0.25, 0.3) is 0 Å². The largest absolute Gasteiger partial charge is 0.384 e. The maximum absolute atomic E-state index is 6.15. The Kier molecular flexibility index (Phi) is 6.24. The van der Waals surface area contributed by atoms with Crippen LogP contribution in [0, 0.1) is 0 Å². The second-order valence-corrected chi connectivity index (χ2v) is 6.26. The topological polar surface area (TPSA) is 21.3 Å². The van der Waals surface area contributed by atoms with Crippen molar-refractivity contribution in [2.24, 2.45) is 0 Å². The van der Waals surface area contributed by atoms with Gasteiger partial charge < -0.3 is 10.1 Å². The van der Waals surface area contributed by atoms with Crippen molar-refractivity contribution in [3.8, 4) is 0 Å². The monoisotopic (exact) mass is 367 g/mol. The van der Waals surface area contributed by atoms with E-state index >= 15 is 0 Å². The van der Waals surface area contributed by atoms with Crippen LogP contribution in [0.2, 0.25) is 5.02 Å². The number of hydrogen-bond acceptors (Lipinski definition) is 2. The van der Waals surface area contributed by atoms with E-state index in [4.69, 9.17) is 16.3 Å². The summed E-state index contributed by atoms with van der Waals surface area (Å²) >= 11 is 9.65. The van der Waals surface area contributed by atoms with Crippen LogP contribution >= 0.6 is 27.5 Å². The van der Waals surface area contributed by atoms with Crippen molar-refractivity contribution >= 4 is 27.5 Å². The highest BCUT2D eigenvalue weighted by Crippen LogP contribution is 2.28. The summed E-state index contributed by atoms with van der Waals surface area (Å²) in [6.07, 6.45) is 0.934. The molecule has 0 amide bonds. The van der Waals surface area contributed by atoms with Crippen molar-refractivity contribution in [2.75, 3.05) is 20.8 Å². The van der Waals surface area contributed by atoms with Crippen molar-refractivity contribution in [3.05, 3.63) is 68.7 Å². The maximum atomic E-state index is 6.15. The first-order valence-corrected chi connectivity index (χ1v) is 8.02. The van der Waals surface area contributed by atoms with E-state index in [1.807, 2.05) is 19.2 Å². The van der Waals surface area contributed by atoms with Gasteiger partial charge in [-0.15, -0.1) is 0 Å². The molecule has 2 rings (SSSR count). The molecule has 0 saturated carbocycles. The minimum atomic E-state index is 0.122. The molecule has 0 heterocycles. The average molecular weight is 369 g/mol. The molecule has 0 spiro atoms. The molecule has 1 N–H and O–H groups in total. The van der Waals surface area contributed by atoms with Gasteiger partial charge in [0.1, 0.15) is 0 Å². The van der Waals surface area contributed by atoms with E-state index in [9.17, 15) is 0 Å². The molecule has 0 aliphatic rings. The SMILES string of the molecule is CNC(c1ccc(CCOC)cc1)c1cc(Cl)cc(Br)c1. The summed E-state index contributed by atoms with van der Waals surface area (Å²) in [7, 11) is 3.68. The summed E-state index contributed by atoms with van der Waals surface area (Å²) in [5, 5.41) is 4.08. The van der Waals surface area contributed by atoms with Crippen molar-refractivity contribution in [3.63, 3.8) is 0 Å². The predicted octanol–water partition coefficient (Wildman–Crippen LogP) is 4.60. The maximum Gasteiger partial charge on any atom is 0.0575 e. The van der Waals surface area contributed by atoms with Crippen LogP contribution in [-0.4, -0.2) is 20.8 Å². The zero-order chi connectivity index (χ0) is 15.2. The molecule has 0 aromatic heterocycles. The van der Waals surface area contributed by atoms with E-state index in [-0.39, 0.29) is 6.04 Å². The molecule has 21 heavy (non-hydrogen) atoms. The molecule has 2 nitrogen and oxygen atoms in total. The zero-order valence-electron chi connectivity index (χ0n) is 12.2. The van der Waals surface area contributed by atoms with Gasteiger partial charge in [-0.2, -0.15) is 0 Å². The molecule has 1 atom stereocenters. The third kappa shape index (κ3) is 4.55. The summed E-state index contributed by atoms with van der Waals surface area (Å²) in [6.45, 7) is 0.746. The Bertz CT molecular complexity index is 566. The van der Waals surface area contributed by atoms with E-state index in [0.29, 0.717) is 0 Å². The summed E-state index contributed by atoms with van der Waals surface area (Å²) in [5.74, 6) is 0. The Labute approximate surface area is 139 Å². The fourth-order valence-electron chi connectivity index (χ4n) is 2.36. The van der Waals surface area contributed by atoms with Crippen molar-refractivity contribution in [1.29, 1.82) is 0 Å². The minimum absolute atomic E-state index is 0.122. The Hall–Kier alpha value is -0.870. The van der Waals surface area contributed by atoms with Gasteiger partial charge in [0.15, 0.2) is 0 Å². The lowest BCUT2D eigenvalue weighted by Crippen LogP contribution is -2.17. The number of hydrogen-bond donors (Lipinski definition) is 1. The average Bonchev–Trinajstić information content (AvgIpc) is 2.46. The standard InChI is InChI=1S/C17H19BrClNO/c1-20-17(14-9-15(18)11-16(19)10-14)13-5-3-12(4-6-13)7-8-21-2/h3-6,9-11,17,20H,7-8H2,1-2H3. The third-order valence-corrected chi connectivity index (χ3v) is 4.09. The van der Waals surface area contributed by atoms with Gasteiger partial charge in [0.25, 0.3) is 0 Å². The normalized spacial score (nSPS) is 12.4. The molecule has 0 aliphatic carbocycles. The summed E-state index contributed by atoms with van der Waals surface area (Å²) in [6, 6.07) is 14.7. The van der Waals surface area contributed by atoms with E-state index in [2.05, 4.69) is 51.6 Å². The van der Waals surface area contributed by atoms with Gasteiger partial charge in [-0.1, -0.05) is 51.8 Å². The molecular formula is C17H19BrClNO. The number of halogens is 2. The van der Waals surface area contributed by atoms with Crippen molar-refractivity contribution in [2.45, 2.75) is 12.5 Å². The number of methoxy groups -OCH3 is 1. The Morgan fingerprint density at radius 2 is 1.86 bits per heavy atom. The Morgan fingerprint density at radius 3 is 2.43 bits per heavy atom. The number of nitrogens with one attached hydrogen (secondary N) is 1. The van der Waals surface area contributed by atoms with Crippen molar-refractivity contribution in [1.82, 2.24) is 5.32 Å². The van der Waals surface area contributed by atoms with Crippen LogP contribution in [0.4, 0.5) is 0 Å². The number of rotatable bonds is 6. The lowest BCUT2D eigenvalue weighted by Gasteiger charge is -2.18. The van der Waals surface area contributed by atoms with E-state index in [1.165, 1.54) is 11.1 Å². The van der Waals surface area contributed by atoms with Gasteiger partial charge in [-0.05, 0) is 48.4 Å². The summed E-state index contributed by atoms with van der Waals surface area (Å²) in [4.78, 5) is 0. The molecule has 0 radical (unpaired) electrons. The van der Waals surface area contributed by atoms with Gasteiger partial charge in [-0.3, -0.25) is 0 Å². The predicted molar refractivity (Wildman–Crippen MR) is 92.1 cm³/mol. The highest BCUT2D eigenvalue weighted by Gasteiger charge is 2.13. The second kappa shape index (κ2) is 7.95. The van der Waals surface area contributed by atoms with Crippen LogP contribution in [0.1, 0.15) is 22.7 Å². The van der Waals surface area contributed by atoms with Gasteiger partial charge in [0.05, 0.1) is 12.6 Å². The molecule has 0 fully saturated rings. The molecule has 2 aromatic rings. The van der Waals surface area contributed by atoms with E-state index < -0.39 is 0 Å². The summed E-state index contributed by atoms with van der Waals surface area (Å²) in [5.41, 5.74) is 3.64. The highest BCUT2D eigenvalue weighted by atomic mass is 79.9. The lowest BCUT2D eigenvalue weighted by atomic mass is 9.97. The highest BCUT2D eigenvalue weighted by molar-refractivity contribution is 9.10. The van der Waals surface area contributed by atoms with E-state index in [0.717, 1.165) is 28.1 Å². The lowest BCUT2D eigenvalue weighted by molar-refractivity contribution is 0.202. The quantitative estimate of drug-likeness (QED) is 0.804. The Morgan fingerprint density at radius 1 is 1.14 bits per heavy atom. The van der Waals surface area contributed by atoms with Crippen LogP contribution in [0.3, 0.4) is 0 Å². The van der Waals surface area contributed by atoms with Crippen molar-refractivity contribution < 1.29 is 4.74 Å². The molecule has 0 saturated heterocycles. The molecule has 4 heteroatoms. The van der Waals surface area contributed by atoms with Gasteiger partial charge in [0, 0.05) is 16.6 Å². The van der Waals surface area contributed by atoms with Crippen LogP contribution in [-0.2, 0) is 11.2 Å². The molecule has 0 aliphatic heterocycles. The zero-order valence-corrected chi connectivity index (χ0v) is 14.5. The van der Waals surface area contributed by atoms with E-state index in [1.54, 1.807) is 7.11 Å². The molecule has 1 unspecified atom stereocenters. The second-order valence-electron chi connectivity index (χ2n) is 4.91. The molecule has 0 bridgehead atoms. The minimum Gasteiger partial charge on any atom is -0.384 e. The smallest absolute Gasteiger partial charge is 0.0575 e. The van der Waals surface area contributed by atoms with Gasteiger partial charge in [-0.25, -0.2) is 0 Å². The Balaban J connectivity index is 2.24. The van der Waals surface area contributed by atoms with Gasteiger partial charge in [0.2, 0.25) is 0 Å². The first-order chi connectivity index (χ1) is 10.1. The summed E-state index contributed by atoms with van der Waals surface area (Å²) < 4.78 is 6.10. The van der Waals surface area contributed by atoms with Crippen LogP contribution < -0.4 is 5.32 Å². The first kappa shape index (κ1) is 16.5. The molecular weight excluding hydrogens is 350 g/mol.